The summed E-state index contributed by atoms with van der Waals surface area (Å²) in [6, 6.07) is 21.1. The molecular formula is C25H20BrClN2O. The first-order valence-corrected chi connectivity index (χ1v) is 10.6. The summed E-state index contributed by atoms with van der Waals surface area (Å²) in [6.45, 7) is 3.99. The van der Waals surface area contributed by atoms with E-state index in [1.807, 2.05) is 74.5 Å². The van der Waals surface area contributed by atoms with E-state index in [-0.39, 0.29) is 5.57 Å². The van der Waals surface area contributed by atoms with Crippen LogP contribution in [0.15, 0.2) is 70.7 Å². The van der Waals surface area contributed by atoms with Crippen LogP contribution in [0, 0.1) is 25.2 Å². The molecule has 3 rings (SSSR count). The highest BCUT2D eigenvalue weighted by atomic mass is 79.9. The van der Waals surface area contributed by atoms with Crippen molar-refractivity contribution in [1.29, 1.82) is 5.26 Å². The summed E-state index contributed by atoms with van der Waals surface area (Å²) in [5.74, 6) is -0.451. The summed E-state index contributed by atoms with van der Waals surface area (Å²) < 4.78 is 1.00. The summed E-state index contributed by atoms with van der Waals surface area (Å²) in [7, 11) is 0. The molecule has 0 aliphatic rings. The number of nitrogens with one attached hydrogen (secondary N) is 1. The lowest BCUT2D eigenvalue weighted by Crippen LogP contribution is -2.13. The fraction of sp³-hybridized carbons (Fsp3) is 0.120. The molecule has 150 valence electrons. The van der Waals surface area contributed by atoms with E-state index in [4.69, 9.17) is 11.6 Å². The third-order valence-electron chi connectivity index (χ3n) is 4.88. The van der Waals surface area contributed by atoms with Gasteiger partial charge in [0.05, 0.1) is 0 Å². The van der Waals surface area contributed by atoms with Gasteiger partial charge in [-0.15, -0.1) is 0 Å². The fourth-order valence-electron chi connectivity index (χ4n) is 3.03. The molecule has 0 radical (unpaired) electrons. The highest BCUT2D eigenvalue weighted by Crippen LogP contribution is 2.25. The van der Waals surface area contributed by atoms with Crippen molar-refractivity contribution in [3.05, 3.63) is 104 Å². The second kappa shape index (κ2) is 9.75. The number of aryl methyl sites for hydroxylation is 2. The van der Waals surface area contributed by atoms with E-state index in [1.165, 1.54) is 0 Å². The van der Waals surface area contributed by atoms with Crippen molar-refractivity contribution in [3.8, 4) is 6.07 Å². The first kappa shape index (κ1) is 21.8. The van der Waals surface area contributed by atoms with Gasteiger partial charge in [0.2, 0.25) is 0 Å². The Bertz CT molecular complexity index is 1180. The molecule has 0 aromatic heterocycles. The van der Waals surface area contributed by atoms with E-state index < -0.39 is 5.91 Å². The Labute approximate surface area is 190 Å². The van der Waals surface area contributed by atoms with Crippen LogP contribution >= 0.6 is 27.5 Å². The monoisotopic (exact) mass is 478 g/mol. The molecular weight excluding hydrogens is 460 g/mol. The van der Waals surface area contributed by atoms with Crippen LogP contribution in [-0.2, 0) is 11.2 Å². The van der Waals surface area contributed by atoms with Crippen molar-refractivity contribution < 1.29 is 4.79 Å². The maximum Gasteiger partial charge on any atom is 0.266 e. The van der Waals surface area contributed by atoms with Crippen LogP contribution in [0.2, 0.25) is 5.02 Å². The number of hydrogen-bond donors (Lipinski definition) is 1. The lowest BCUT2D eigenvalue weighted by Gasteiger charge is -2.10. The van der Waals surface area contributed by atoms with Gasteiger partial charge in [-0.1, -0.05) is 57.9 Å². The number of hydrogen-bond acceptors (Lipinski definition) is 2. The van der Waals surface area contributed by atoms with E-state index in [0.717, 1.165) is 32.3 Å². The molecule has 0 aliphatic heterocycles. The van der Waals surface area contributed by atoms with Gasteiger partial charge in [0.1, 0.15) is 11.6 Å². The molecule has 0 saturated heterocycles. The van der Waals surface area contributed by atoms with Crippen LogP contribution < -0.4 is 5.32 Å². The van der Waals surface area contributed by atoms with Gasteiger partial charge in [-0.05, 0) is 84.5 Å². The Morgan fingerprint density at radius 1 is 1.07 bits per heavy atom. The number of carbonyl (C=O) groups is 1. The molecule has 0 spiro atoms. The number of carbonyl (C=O) groups excluding carboxylic acids is 1. The van der Waals surface area contributed by atoms with Crippen LogP contribution in [-0.4, -0.2) is 5.91 Å². The van der Waals surface area contributed by atoms with Crippen molar-refractivity contribution in [3.63, 3.8) is 0 Å². The van der Waals surface area contributed by atoms with Crippen LogP contribution in [0.3, 0.4) is 0 Å². The van der Waals surface area contributed by atoms with E-state index in [2.05, 4.69) is 21.2 Å². The van der Waals surface area contributed by atoms with Crippen LogP contribution in [0.5, 0.6) is 0 Å². The van der Waals surface area contributed by atoms with E-state index in [9.17, 15) is 10.1 Å². The van der Waals surface area contributed by atoms with E-state index in [0.29, 0.717) is 17.1 Å². The predicted molar refractivity (Wildman–Crippen MR) is 127 cm³/mol. The van der Waals surface area contributed by atoms with E-state index >= 15 is 0 Å². The SMILES string of the molecule is Cc1ccc(NC(=O)/C(C#N)=C/c2cc(Cl)ccc2Cc2ccccc2Br)cc1C. The van der Waals surface area contributed by atoms with Gasteiger partial charge < -0.3 is 5.32 Å². The Kier molecular flexibility index (Phi) is 7.10. The van der Waals surface area contributed by atoms with Gasteiger partial charge in [0, 0.05) is 15.2 Å². The van der Waals surface area contributed by atoms with Crippen molar-refractivity contribution >= 4 is 45.2 Å². The molecule has 30 heavy (non-hydrogen) atoms. The van der Waals surface area contributed by atoms with Crippen LogP contribution in [0.25, 0.3) is 6.08 Å². The quantitative estimate of drug-likeness (QED) is 0.321. The van der Waals surface area contributed by atoms with Crippen molar-refractivity contribution in [2.75, 3.05) is 5.32 Å². The molecule has 3 aromatic rings. The molecule has 0 bridgehead atoms. The maximum absolute atomic E-state index is 12.7. The molecule has 0 saturated carbocycles. The molecule has 1 N–H and O–H groups in total. The zero-order valence-corrected chi connectivity index (χ0v) is 19.0. The average molecular weight is 480 g/mol. The number of rotatable bonds is 5. The molecule has 0 atom stereocenters. The maximum atomic E-state index is 12.7. The highest BCUT2D eigenvalue weighted by molar-refractivity contribution is 9.10. The average Bonchev–Trinajstić information content (AvgIpc) is 2.72. The summed E-state index contributed by atoms with van der Waals surface area (Å²) in [6.07, 6.45) is 2.23. The zero-order chi connectivity index (χ0) is 21.7. The number of benzene rings is 3. The molecule has 0 unspecified atom stereocenters. The molecule has 1 amide bonds. The van der Waals surface area contributed by atoms with Gasteiger partial charge in [0.15, 0.2) is 0 Å². The van der Waals surface area contributed by atoms with Crippen LogP contribution in [0.1, 0.15) is 27.8 Å². The first-order valence-electron chi connectivity index (χ1n) is 9.39. The van der Waals surface area contributed by atoms with Crippen molar-refractivity contribution in [1.82, 2.24) is 0 Å². The zero-order valence-electron chi connectivity index (χ0n) is 16.7. The van der Waals surface area contributed by atoms with E-state index in [1.54, 1.807) is 12.1 Å². The van der Waals surface area contributed by atoms with Gasteiger partial charge in [-0.3, -0.25) is 4.79 Å². The minimum atomic E-state index is -0.451. The van der Waals surface area contributed by atoms with Crippen molar-refractivity contribution in [2.24, 2.45) is 0 Å². The molecule has 3 aromatic carbocycles. The normalized spacial score (nSPS) is 11.1. The Morgan fingerprint density at radius 2 is 1.83 bits per heavy atom. The number of nitriles is 1. The first-order chi connectivity index (χ1) is 14.4. The number of amides is 1. The van der Waals surface area contributed by atoms with Gasteiger partial charge in [0.25, 0.3) is 5.91 Å². The lowest BCUT2D eigenvalue weighted by atomic mass is 9.98. The number of halogens is 2. The summed E-state index contributed by atoms with van der Waals surface area (Å²) in [4.78, 5) is 12.7. The minimum Gasteiger partial charge on any atom is -0.321 e. The summed E-state index contributed by atoms with van der Waals surface area (Å²) in [5.41, 5.74) is 5.70. The molecule has 5 heteroatoms. The Hall–Kier alpha value is -2.87. The Balaban J connectivity index is 1.92. The van der Waals surface area contributed by atoms with Gasteiger partial charge >= 0.3 is 0 Å². The number of nitrogens with zero attached hydrogens (tertiary/aromatic N) is 1. The summed E-state index contributed by atoms with van der Waals surface area (Å²) >= 11 is 9.77. The third-order valence-corrected chi connectivity index (χ3v) is 5.89. The smallest absolute Gasteiger partial charge is 0.266 e. The summed E-state index contributed by atoms with van der Waals surface area (Å²) in [5, 5.41) is 13.0. The topological polar surface area (TPSA) is 52.9 Å². The Morgan fingerprint density at radius 3 is 2.53 bits per heavy atom. The van der Waals surface area contributed by atoms with Gasteiger partial charge in [-0.2, -0.15) is 5.26 Å². The largest absolute Gasteiger partial charge is 0.321 e. The second-order valence-electron chi connectivity index (χ2n) is 7.03. The standard InChI is InChI=1S/C25H20BrClN2O/c1-16-7-10-23(11-17(16)2)29-25(30)21(15-28)13-20-14-22(27)9-8-18(20)12-19-5-3-4-6-24(19)26/h3-11,13-14H,12H2,1-2H3,(H,29,30)/b21-13+. The highest BCUT2D eigenvalue weighted by Gasteiger charge is 2.13. The predicted octanol–water partition coefficient (Wildman–Crippen LogP) is 6.86. The molecule has 3 nitrogen and oxygen atoms in total. The lowest BCUT2D eigenvalue weighted by molar-refractivity contribution is -0.112. The van der Waals surface area contributed by atoms with Crippen LogP contribution in [0.4, 0.5) is 5.69 Å². The molecule has 0 heterocycles. The molecule has 0 fully saturated rings. The minimum absolute atomic E-state index is 0.0175. The van der Waals surface area contributed by atoms with Crippen molar-refractivity contribution in [2.45, 2.75) is 20.3 Å². The fourth-order valence-corrected chi connectivity index (χ4v) is 3.64. The third kappa shape index (κ3) is 5.38. The second-order valence-corrected chi connectivity index (χ2v) is 8.33. The molecule has 0 aliphatic carbocycles. The number of anilines is 1. The van der Waals surface area contributed by atoms with Gasteiger partial charge in [-0.25, -0.2) is 0 Å².